The summed E-state index contributed by atoms with van der Waals surface area (Å²) in [4.78, 5) is 18.3. The summed E-state index contributed by atoms with van der Waals surface area (Å²) in [6, 6.07) is 5.66. The van der Waals surface area contributed by atoms with E-state index in [1.807, 2.05) is 30.0 Å². The molecule has 5 heteroatoms. The van der Waals surface area contributed by atoms with Gasteiger partial charge in [0, 0.05) is 43.8 Å². The van der Waals surface area contributed by atoms with Gasteiger partial charge in [-0.3, -0.25) is 4.79 Å². The maximum absolute atomic E-state index is 12.1. The van der Waals surface area contributed by atoms with E-state index in [4.69, 9.17) is 9.47 Å². The molecule has 1 amide bonds. The SMILES string of the molecule is CCC(=O)N1CC[C@@H]2OCCC[C@@]2(COc2ccccn2)C1. The molecule has 5 nitrogen and oxygen atoms in total. The monoisotopic (exact) mass is 304 g/mol. The summed E-state index contributed by atoms with van der Waals surface area (Å²) in [6.45, 7) is 4.82. The Morgan fingerprint density at radius 2 is 2.45 bits per heavy atom. The molecule has 3 heterocycles. The first-order valence-electron chi connectivity index (χ1n) is 8.17. The van der Waals surface area contributed by atoms with Gasteiger partial charge in [0.2, 0.25) is 11.8 Å². The van der Waals surface area contributed by atoms with Crippen molar-refractivity contribution in [2.75, 3.05) is 26.3 Å². The zero-order chi connectivity index (χ0) is 15.4. The van der Waals surface area contributed by atoms with E-state index in [-0.39, 0.29) is 17.4 Å². The molecule has 0 radical (unpaired) electrons. The summed E-state index contributed by atoms with van der Waals surface area (Å²) < 4.78 is 11.9. The summed E-state index contributed by atoms with van der Waals surface area (Å²) in [5.41, 5.74) is -0.0984. The maximum Gasteiger partial charge on any atom is 0.222 e. The largest absolute Gasteiger partial charge is 0.477 e. The molecular weight excluding hydrogens is 280 g/mol. The van der Waals surface area contributed by atoms with Crippen LogP contribution in [0, 0.1) is 5.41 Å². The smallest absolute Gasteiger partial charge is 0.222 e. The highest BCUT2D eigenvalue weighted by molar-refractivity contribution is 5.76. The minimum absolute atomic E-state index is 0.0984. The molecule has 0 bridgehead atoms. The van der Waals surface area contributed by atoms with Gasteiger partial charge in [-0.15, -0.1) is 0 Å². The number of fused-ring (bicyclic) bond motifs is 1. The highest BCUT2D eigenvalue weighted by Gasteiger charge is 2.47. The first kappa shape index (κ1) is 15.3. The van der Waals surface area contributed by atoms with E-state index in [1.54, 1.807) is 6.20 Å². The van der Waals surface area contributed by atoms with Crippen molar-refractivity contribution in [3.63, 3.8) is 0 Å². The van der Waals surface area contributed by atoms with Gasteiger partial charge in [-0.2, -0.15) is 0 Å². The molecule has 22 heavy (non-hydrogen) atoms. The third kappa shape index (κ3) is 3.09. The molecule has 0 aliphatic carbocycles. The fourth-order valence-corrected chi connectivity index (χ4v) is 3.59. The number of amides is 1. The van der Waals surface area contributed by atoms with Gasteiger partial charge in [0.1, 0.15) is 0 Å². The zero-order valence-corrected chi connectivity index (χ0v) is 13.2. The predicted molar refractivity (Wildman–Crippen MR) is 82.6 cm³/mol. The van der Waals surface area contributed by atoms with Crippen molar-refractivity contribution in [3.05, 3.63) is 24.4 Å². The Balaban J connectivity index is 1.73. The molecule has 1 aromatic rings. The maximum atomic E-state index is 12.1. The van der Waals surface area contributed by atoms with Gasteiger partial charge in [-0.05, 0) is 25.3 Å². The minimum atomic E-state index is -0.0984. The molecule has 0 N–H and O–H groups in total. The predicted octanol–water partition coefficient (Wildman–Crippen LogP) is 2.27. The number of carbonyl (C=O) groups is 1. The second-order valence-electron chi connectivity index (χ2n) is 6.24. The highest BCUT2D eigenvalue weighted by Crippen LogP contribution is 2.40. The normalized spacial score (nSPS) is 28.0. The van der Waals surface area contributed by atoms with Gasteiger partial charge in [-0.1, -0.05) is 13.0 Å². The van der Waals surface area contributed by atoms with Crippen LogP contribution >= 0.6 is 0 Å². The van der Waals surface area contributed by atoms with Crippen molar-refractivity contribution < 1.29 is 14.3 Å². The molecule has 0 aromatic carbocycles. The standard InChI is InChI=1S/C17H24N2O3/c1-2-16(20)19-10-7-14-17(12-19,8-5-11-21-14)13-22-15-6-3-4-9-18-15/h3-4,6,9,14H,2,5,7-8,10-13H2,1H3/t14-,17-/m0/s1. The Labute approximate surface area is 131 Å². The Kier molecular flexibility index (Phi) is 4.62. The van der Waals surface area contributed by atoms with Gasteiger partial charge in [-0.25, -0.2) is 4.98 Å². The van der Waals surface area contributed by atoms with Gasteiger partial charge in [0.25, 0.3) is 0 Å². The van der Waals surface area contributed by atoms with Crippen molar-refractivity contribution >= 4 is 5.91 Å². The molecule has 2 atom stereocenters. The lowest BCUT2D eigenvalue weighted by Gasteiger charge is -2.50. The number of aromatic nitrogens is 1. The van der Waals surface area contributed by atoms with Crippen LogP contribution in [0.3, 0.4) is 0 Å². The number of rotatable bonds is 4. The Bertz CT molecular complexity index is 508. The van der Waals surface area contributed by atoms with Crippen molar-refractivity contribution in [1.29, 1.82) is 0 Å². The molecule has 2 fully saturated rings. The van der Waals surface area contributed by atoms with E-state index in [2.05, 4.69) is 4.98 Å². The number of pyridine rings is 1. The molecule has 2 aliphatic rings. The van der Waals surface area contributed by atoms with Crippen LogP contribution in [0.5, 0.6) is 5.88 Å². The van der Waals surface area contributed by atoms with E-state index in [0.717, 1.165) is 39.0 Å². The van der Waals surface area contributed by atoms with Crippen LogP contribution in [0.25, 0.3) is 0 Å². The first-order chi connectivity index (χ1) is 10.7. The average molecular weight is 304 g/mol. The third-order valence-corrected chi connectivity index (χ3v) is 4.79. The molecule has 2 aliphatic heterocycles. The average Bonchev–Trinajstić information content (AvgIpc) is 2.59. The van der Waals surface area contributed by atoms with Gasteiger partial charge >= 0.3 is 0 Å². The molecular formula is C17H24N2O3. The number of likely N-dealkylation sites (tertiary alicyclic amines) is 1. The summed E-state index contributed by atoms with van der Waals surface area (Å²) in [5, 5.41) is 0. The lowest BCUT2D eigenvalue weighted by atomic mass is 9.73. The minimum Gasteiger partial charge on any atom is -0.477 e. The molecule has 120 valence electrons. The van der Waals surface area contributed by atoms with Crippen LogP contribution < -0.4 is 4.74 Å². The fraction of sp³-hybridized carbons (Fsp3) is 0.647. The Morgan fingerprint density at radius 1 is 1.55 bits per heavy atom. The second kappa shape index (κ2) is 6.65. The number of hydrogen-bond acceptors (Lipinski definition) is 4. The number of ether oxygens (including phenoxy) is 2. The van der Waals surface area contributed by atoms with E-state index >= 15 is 0 Å². The third-order valence-electron chi connectivity index (χ3n) is 4.79. The van der Waals surface area contributed by atoms with Crippen LogP contribution in [-0.4, -0.2) is 48.2 Å². The molecule has 0 spiro atoms. The number of nitrogens with zero attached hydrogens (tertiary/aromatic N) is 2. The molecule has 0 saturated carbocycles. The Hall–Kier alpha value is -1.62. The van der Waals surface area contributed by atoms with E-state index < -0.39 is 0 Å². The van der Waals surface area contributed by atoms with E-state index in [9.17, 15) is 4.79 Å². The van der Waals surface area contributed by atoms with Gasteiger partial charge in [0.15, 0.2) is 0 Å². The second-order valence-corrected chi connectivity index (χ2v) is 6.24. The number of piperidine rings is 1. The van der Waals surface area contributed by atoms with Crippen molar-refractivity contribution in [3.8, 4) is 5.88 Å². The van der Waals surface area contributed by atoms with Crippen molar-refractivity contribution in [1.82, 2.24) is 9.88 Å². The zero-order valence-electron chi connectivity index (χ0n) is 13.2. The van der Waals surface area contributed by atoms with E-state index in [0.29, 0.717) is 18.9 Å². The van der Waals surface area contributed by atoms with Crippen LogP contribution in [0.15, 0.2) is 24.4 Å². The molecule has 3 rings (SSSR count). The van der Waals surface area contributed by atoms with Crippen LogP contribution in [0.1, 0.15) is 32.6 Å². The number of hydrogen-bond donors (Lipinski definition) is 0. The van der Waals surface area contributed by atoms with Crippen LogP contribution in [0.2, 0.25) is 0 Å². The Morgan fingerprint density at radius 3 is 3.23 bits per heavy atom. The number of carbonyl (C=O) groups excluding carboxylic acids is 1. The molecule has 1 aromatic heterocycles. The topological polar surface area (TPSA) is 51.7 Å². The molecule has 0 unspecified atom stereocenters. The quantitative estimate of drug-likeness (QED) is 0.856. The first-order valence-corrected chi connectivity index (χ1v) is 8.17. The van der Waals surface area contributed by atoms with Gasteiger partial charge in [0.05, 0.1) is 12.7 Å². The summed E-state index contributed by atoms with van der Waals surface area (Å²) >= 11 is 0. The van der Waals surface area contributed by atoms with Crippen LogP contribution in [0.4, 0.5) is 0 Å². The van der Waals surface area contributed by atoms with Crippen molar-refractivity contribution in [2.24, 2.45) is 5.41 Å². The van der Waals surface area contributed by atoms with Crippen molar-refractivity contribution in [2.45, 2.75) is 38.7 Å². The van der Waals surface area contributed by atoms with Gasteiger partial charge < -0.3 is 14.4 Å². The summed E-state index contributed by atoms with van der Waals surface area (Å²) in [7, 11) is 0. The lowest BCUT2D eigenvalue weighted by Crippen LogP contribution is -2.58. The lowest BCUT2D eigenvalue weighted by molar-refractivity contribution is -0.157. The highest BCUT2D eigenvalue weighted by atomic mass is 16.5. The summed E-state index contributed by atoms with van der Waals surface area (Å²) in [6.07, 6.45) is 5.44. The molecule has 2 saturated heterocycles. The van der Waals surface area contributed by atoms with Crippen LogP contribution in [-0.2, 0) is 9.53 Å². The fourth-order valence-electron chi connectivity index (χ4n) is 3.59. The summed E-state index contributed by atoms with van der Waals surface area (Å²) in [5.74, 6) is 0.862. The van der Waals surface area contributed by atoms with E-state index in [1.165, 1.54) is 0 Å².